The number of furan rings is 1. The van der Waals surface area contributed by atoms with Gasteiger partial charge in [0.1, 0.15) is 11.3 Å². The molecule has 1 amide bonds. The van der Waals surface area contributed by atoms with Gasteiger partial charge >= 0.3 is 0 Å². The zero-order valence-electron chi connectivity index (χ0n) is 13.2. The lowest BCUT2D eigenvalue weighted by Gasteiger charge is -2.21. The minimum Gasteiger partial charge on any atom is -0.461 e. The predicted molar refractivity (Wildman–Crippen MR) is 86.4 cm³/mol. The molecule has 0 spiro atoms. The van der Waals surface area contributed by atoms with E-state index in [2.05, 4.69) is 0 Å². The average molecular weight is 318 g/mol. The molecule has 1 unspecified atom stereocenters. The molecule has 2 heterocycles. The molecule has 1 saturated heterocycles. The molecule has 1 fully saturated rings. The van der Waals surface area contributed by atoms with Crippen molar-refractivity contribution in [3.05, 3.63) is 35.6 Å². The second kappa shape index (κ2) is 6.70. The summed E-state index contributed by atoms with van der Waals surface area (Å²) < 4.78 is 5.68. The molecule has 0 saturated carbocycles. The molecule has 6 heteroatoms. The first-order valence-corrected chi connectivity index (χ1v) is 7.88. The van der Waals surface area contributed by atoms with Gasteiger partial charge in [0.05, 0.1) is 18.3 Å². The van der Waals surface area contributed by atoms with Gasteiger partial charge in [0.2, 0.25) is 0 Å². The van der Waals surface area contributed by atoms with Crippen molar-refractivity contribution < 1.29 is 19.4 Å². The predicted octanol–water partition coefficient (Wildman–Crippen LogP) is 0.852. The molecule has 1 aromatic carbocycles. The Morgan fingerprint density at radius 2 is 2.17 bits per heavy atom. The molecule has 2 aromatic rings. The summed E-state index contributed by atoms with van der Waals surface area (Å²) >= 11 is 0. The van der Waals surface area contributed by atoms with Crippen molar-refractivity contribution >= 4 is 16.9 Å². The molecule has 1 aliphatic heterocycles. The summed E-state index contributed by atoms with van der Waals surface area (Å²) in [6.45, 7) is 4.32. The lowest BCUT2D eigenvalue weighted by atomic mass is 10.1. The highest BCUT2D eigenvalue weighted by atomic mass is 16.3. The van der Waals surface area contributed by atoms with Gasteiger partial charge in [-0.2, -0.15) is 0 Å². The summed E-state index contributed by atoms with van der Waals surface area (Å²) in [4.78, 5) is 16.5. The quantitative estimate of drug-likeness (QED) is 0.877. The third-order valence-electron chi connectivity index (χ3n) is 4.19. The number of carbonyl (C=O) groups excluding carboxylic acids is 1. The van der Waals surface area contributed by atoms with E-state index in [1.807, 2.05) is 30.0 Å². The maximum absolute atomic E-state index is 12.9. The summed E-state index contributed by atoms with van der Waals surface area (Å²) in [6.07, 6.45) is -0.620. The average Bonchev–Trinajstić information content (AvgIpc) is 2.80. The maximum Gasteiger partial charge on any atom is 0.257 e. The lowest BCUT2D eigenvalue weighted by Crippen LogP contribution is -2.37. The molecule has 3 rings (SSSR count). The second-order valence-electron chi connectivity index (χ2n) is 6.01. The Balaban J connectivity index is 1.84. The van der Waals surface area contributed by atoms with E-state index in [9.17, 15) is 9.90 Å². The summed E-state index contributed by atoms with van der Waals surface area (Å²) in [5, 5.41) is 20.1. The fraction of sp³-hybridized carbons (Fsp3) is 0.471. The van der Waals surface area contributed by atoms with Crippen LogP contribution in [0.25, 0.3) is 11.0 Å². The summed E-state index contributed by atoms with van der Waals surface area (Å²) in [7, 11) is 0. The normalized spacial score (nSPS) is 20.0. The number of hydrogen-bond donors (Lipinski definition) is 2. The third kappa shape index (κ3) is 3.39. The monoisotopic (exact) mass is 318 g/mol. The van der Waals surface area contributed by atoms with Crippen LogP contribution in [0.15, 0.2) is 28.7 Å². The van der Waals surface area contributed by atoms with Crippen LogP contribution in [0.2, 0.25) is 0 Å². The molecule has 0 aliphatic carbocycles. The molecule has 1 aliphatic rings. The van der Waals surface area contributed by atoms with Crippen LogP contribution in [0.3, 0.4) is 0 Å². The van der Waals surface area contributed by atoms with Crippen LogP contribution in [-0.4, -0.2) is 71.4 Å². The van der Waals surface area contributed by atoms with Crippen molar-refractivity contribution in [1.29, 1.82) is 0 Å². The van der Waals surface area contributed by atoms with Crippen LogP contribution < -0.4 is 0 Å². The van der Waals surface area contributed by atoms with Crippen LogP contribution in [0.4, 0.5) is 0 Å². The van der Waals surface area contributed by atoms with Crippen molar-refractivity contribution in [2.24, 2.45) is 0 Å². The Bertz CT molecular complexity index is 697. The minimum atomic E-state index is -0.620. The van der Waals surface area contributed by atoms with Crippen LogP contribution in [0.5, 0.6) is 0 Å². The maximum atomic E-state index is 12.9. The number of β-amino-alcohol motifs (C(OH)–C–C–N with tert-alkyl or cyclic N) is 2. The van der Waals surface area contributed by atoms with E-state index in [0.29, 0.717) is 37.3 Å². The number of para-hydroxylation sites is 1. The number of carbonyl (C=O) groups is 1. The fourth-order valence-corrected chi connectivity index (χ4v) is 3.11. The van der Waals surface area contributed by atoms with Crippen LogP contribution in [0.1, 0.15) is 16.1 Å². The van der Waals surface area contributed by atoms with E-state index >= 15 is 0 Å². The number of aryl methyl sites for hydroxylation is 1. The number of benzene rings is 1. The smallest absolute Gasteiger partial charge is 0.257 e. The SMILES string of the molecule is Cc1cc2cccc(C(=O)N3CCN(CCO)CC(O)C3)c2o1. The van der Waals surface area contributed by atoms with Crippen LogP contribution >= 0.6 is 0 Å². The van der Waals surface area contributed by atoms with Gasteiger partial charge in [0.25, 0.3) is 5.91 Å². The Hall–Kier alpha value is -1.89. The van der Waals surface area contributed by atoms with Gasteiger partial charge in [0, 0.05) is 38.1 Å². The van der Waals surface area contributed by atoms with E-state index in [1.54, 1.807) is 11.0 Å². The summed E-state index contributed by atoms with van der Waals surface area (Å²) in [5.74, 6) is 0.639. The number of nitrogens with zero attached hydrogens (tertiary/aromatic N) is 2. The highest BCUT2D eigenvalue weighted by Crippen LogP contribution is 2.24. The summed E-state index contributed by atoms with van der Waals surface area (Å²) in [6, 6.07) is 7.43. The molecule has 0 bridgehead atoms. The Kier molecular flexibility index (Phi) is 4.66. The van der Waals surface area contributed by atoms with Gasteiger partial charge in [-0.3, -0.25) is 9.69 Å². The molecule has 1 atom stereocenters. The van der Waals surface area contributed by atoms with Crippen molar-refractivity contribution in [3.63, 3.8) is 0 Å². The second-order valence-corrected chi connectivity index (χ2v) is 6.01. The minimum absolute atomic E-state index is 0.0473. The van der Waals surface area contributed by atoms with Crippen LogP contribution in [0, 0.1) is 6.92 Å². The molecule has 6 nitrogen and oxygen atoms in total. The fourth-order valence-electron chi connectivity index (χ4n) is 3.11. The van der Waals surface area contributed by atoms with Crippen molar-refractivity contribution in [2.75, 3.05) is 39.3 Å². The summed E-state index contributed by atoms with van der Waals surface area (Å²) in [5.41, 5.74) is 1.12. The largest absolute Gasteiger partial charge is 0.461 e. The van der Waals surface area contributed by atoms with E-state index in [-0.39, 0.29) is 19.1 Å². The molecular formula is C17H22N2O4. The molecule has 0 radical (unpaired) electrons. The Morgan fingerprint density at radius 1 is 1.35 bits per heavy atom. The van der Waals surface area contributed by atoms with E-state index in [4.69, 9.17) is 9.52 Å². The van der Waals surface area contributed by atoms with Crippen molar-refractivity contribution in [1.82, 2.24) is 9.80 Å². The number of amides is 1. The molecule has 124 valence electrons. The van der Waals surface area contributed by atoms with Gasteiger partial charge in [-0.15, -0.1) is 0 Å². The van der Waals surface area contributed by atoms with E-state index in [1.165, 1.54) is 0 Å². The highest BCUT2D eigenvalue weighted by molar-refractivity contribution is 6.05. The van der Waals surface area contributed by atoms with Crippen LogP contribution in [-0.2, 0) is 0 Å². The van der Waals surface area contributed by atoms with Gasteiger partial charge in [-0.1, -0.05) is 12.1 Å². The molecule has 2 N–H and O–H groups in total. The molecular weight excluding hydrogens is 296 g/mol. The first kappa shape index (κ1) is 16.0. The lowest BCUT2D eigenvalue weighted by molar-refractivity contribution is 0.0661. The van der Waals surface area contributed by atoms with Gasteiger partial charge in [-0.05, 0) is 19.1 Å². The number of aliphatic hydroxyl groups excluding tert-OH is 2. The number of aliphatic hydroxyl groups is 2. The van der Waals surface area contributed by atoms with Crippen molar-refractivity contribution in [2.45, 2.75) is 13.0 Å². The first-order valence-electron chi connectivity index (χ1n) is 7.88. The number of fused-ring (bicyclic) bond motifs is 1. The topological polar surface area (TPSA) is 77.2 Å². The highest BCUT2D eigenvalue weighted by Gasteiger charge is 2.26. The number of rotatable bonds is 3. The van der Waals surface area contributed by atoms with Crippen molar-refractivity contribution in [3.8, 4) is 0 Å². The first-order chi connectivity index (χ1) is 11.1. The molecule has 1 aromatic heterocycles. The third-order valence-corrected chi connectivity index (χ3v) is 4.19. The zero-order valence-corrected chi connectivity index (χ0v) is 13.2. The van der Waals surface area contributed by atoms with Gasteiger partial charge in [0.15, 0.2) is 0 Å². The van der Waals surface area contributed by atoms with Gasteiger partial charge in [-0.25, -0.2) is 0 Å². The van der Waals surface area contributed by atoms with E-state index < -0.39 is 6.10 Å². The van der Waals surface area contributed by atoms with Gasteiger partial charge < -0.3 is 19.5 Å². The Morgan fingerprint density at radius 3 is 2.96 bits per heavy atom. The van der Waals surface area contributed by atoms with E-state index in [0.717, 1.165) is 11.1 Å². The number of hydrogen-bond acceptors (Lipinski definition) is 5. The molecule has 23 heavy (non-hydrogen) atoms. The Labute approximate surface area is 134 Å². The standard InChI is InChI=1S/C17H22N2O4/c1-12-9-13-3-2-4-15(16(13)23-12)17(22)19-6-5-18(7-8-20)10-14(21)11-19/h2-4,9,14,20-21H,5-8,10-11H2,1H3. The zero-order chi connectivity index (χ0) is 16.4.